The van der Waals surface area contributed by atoms with Crippen molar-refractivity contribution in [1.82, 2.24) is 20.0 Å². The molecule has 1 amide bonds. The summed E-state index contributed by atoms with van der Waals surface area (Å²) in [5, 5.41) is 7.42. The number of carbonyl (C=O) groups excluding carboxylic acids is 1. The third kappa shape index (κ3) is 3.80. The van der Waals surface area contributed by atoms with E-state index in [9.17, 15) is 4.79 Å². The van der Waals surface area contributed by atoms with Gasteiger partial charge in [0.15, 0.2) is 0 Å². The van der Waals surface area contributed by atoms with Crippen molar-refractivity contribution in [3.63, 3.8) is 0 Å². The summed E-state index contributed by atoms with van der Waals surface area (Å²) in [5.41, 5.74) is 1.11. The molecule has 1 saturated heterocycles. The summed E-state index contributed by atoms with van der Waals surface area (Å²) < 4.78 is 1.78. The molecule has 1 aromatic heterocycles. The summed E-state index contributed by atoms with van der Waals surface area (Å²) in [6, 6.07) is 0.154. The summed E-state index contributed by atoms with van der Waals surface area (Å²) in [6.07, 6.45) is 6.07. The predicted molar refractivity (Wildman–Crippen MR) is 74.6 cm³/mol. The Morgan fingerprint density at radius 3 is 2.79 bits per heavy atom. The Kier molecular flexibility index (Phi) is 4.58. The summed E-state index contributed by atoms with van der Waals surface area (Å²) >= 11 is 0. The number of likely N-dealkylation sites (tertiary alicyclic amines) is 1. The van der Waals surface area contributed by atoms with Crippen LogP contribution < -0.4 is 5.32 Å². The van der Waals surface area contributed by atoms with Gasteiger partial charge in [-0.3, -0.25) is 9.48 Å². The largest absolute Gasteiger partial charge is 0.342 e. The molecule has 1 aromatic rings. The van der Waals surface area contributed by atoms with Crippen LogP contribution in [0.15, 0.2) is 12.4 Å². The number of rotatable bonds is 4. The van der Waals surface area contributed by atoms with Crippen LogP contribution >= 0.6 is 0 Å². The normalized spacial score (nSPS) is 18.6. The molecule has 1 atom stereocenters. The number of hydrogen-bond acceptors (Lipinski definition) is 3. The first-order valence-corrected chi connectivity index (χ1v) is 7.06. The van der Waals surface area contributed by atoms with Crippen molar-refractivity contribution >= 4 is 5.91 Å². The number of hydrogen-bond donors (Lipinski definition) is 1. The molecule has 1 fully saturated rings. The Balaban J connectivity index is 1.77. The van der Waals surface area contributed by atoms with Gasteiger partial charge in [-0.2, -0.15) is 5.10 Å². The number of aromatic nitrogens is 2. The molecule has 0 saturated carbocycles. The molecule has 0 unspecified atom stereocenters. The van der Waals surface area contributed by atoms with Crippen molar-refractivity contribution in [2.75, 3.05) is 19.6 Å². The first-order valence-electron chi connectivity index (χ1n) is 7.06. The SMILES string of the molecule is CC1CCN(C(=O)CN[C@@H](C)c2cnn(C)c2)CC1. The molecule has 0 spiro atoms. The standard InChI is InChI=1S/C14H24N4O/c1-11-4-6-18(7-5-11)14(19)9-15-12(2)13-8-16-17(3)10-13/h8,10-12,15H,4-7,9H2,1-3H3/t12-/m0/s1. The maximum absolute atomic E-state index is 12.1. The fraction of sp³-hybridized carbons (Fsp3) is 0.714. The lowest BCUT2D eigenvalue weighted by Crippen LogP contribution is -2.43. The molecule has 0 aliphatic carbocycles. The van der Waals surface area contributed by atoms with E-state index < -0.39 is 0 Å². The van der Waals surface area contributed by atoms with Gasteiger partial charge in [0.25, 0.3) is 0 Å². The molecule has 1 aliphatic heterocycles. The van der Waals surface area contributed by atoms with Crippen molar-refractivity contribution in [2.45, 2.75) is 32.7 Å². The van der Waals surface area contributed by atoms with Crippen LogP contribution in [0.3, 0.4) is 0 Å². The summed E-state index contributed by atoms with van der Waals surface area (Å²) in [4.78, 5) is 14.1. The van der Waals surface area contributed by atoms with Gasteiger partial charge in [0, 0.05) is 37.9 Å². The zero-order valence-electron chi connectivity index (χ0n) is 12.1. The average molecular weight is 264 g/mol. The zero-order chi connectivity index (χ0) is 13.8. The molecule has 19 heavy (non-hydrogen) atoms. The Morgan fingerprint density at radius 2 is 2.21 bits per heavy atom. The van der Waals surface area contributed by atoms with E-state index in [2.05, 4.69) is 24.3 Å². The number of carbonyl (C=O) groups is 1. The Bertz CT molecular complexity index is 421. The van der Waals surface area contributed by atoms with Crippen molar-refractivity contribution < 1.29 is 4.79 Å². The fourth-order valence-electron chi connectivity index (χ4n) is 2.39. The molecule has 5 nitrogen and oxygen atoms in total. The van der Waals surface area contributed by atoms with Crippen molar-refractivity contribution in [3.8, 4) is 0 Å². The van der Waals surface area contributed by atoms with E-state index in [0.29, 0.717) is 6.54 Å². The maximum Gasteiger partial charge on any atom is 0.236 e. The smallest absolute Gasteiger partial charge is 0.236 e. The van der Waals surface area contributed by atoms with Crippen LogP contribution in [0, 0.1) is 5.92 Å². The molecule has 106 valence electrons. The van der Waals surface area contributed by atoms with E-state index in [1.165, 1.54) is 0 Å². The molecule has 1 aliphatic rings. The van der Waals surface area contributed by atoms with Gasteiger partial charge in [0.05, 0.1) is 12.7 Å². The third-order valence-electron chi connectivity index (χ3n) is 3.92. The topological polar surface area (TPSA) is 50.2 Å². The van der Waals surface area contributed by atoms with Crippen LogP contribution in [-0.4, -0.2) is 40.2 Å². The minimum absolute atomic E-state index is 0.154. The lowest BCUT2D eigenvalue weighted by molar-refractivity contribution is -0.131. The highest BCUT2D eigenvalue weighted by Crippen LogP contribution is 2.16. The van der Waals surface area contributed by atoms with Crippen molar-refractivity contribution in [2.24, 2.45) is 13.0 Å². The fourth-order valence-corrected chi connectivity index (χ4v) is 2.39. The zero-order valence-corrected chi connectivity index (χ0v) is 12.1. The first-order chi connectivity index (χ1) is 9.06. The Morgan fingerprint density at radius 1 is 1.53 bits per heavy atom. The van der Waals surface area contributed by atoms with E-state index in [1.54, 1.807) is 4.68 Å². The average Bonchev–Trinajstić information content (AvgIpc) is 2.83. The van der Waals surface area contributed by atoms with Gasteiger partial charge in [-0.05, 0) is 25.7 Å². The van der Waals surface area contributed by atoms with Gasteiger partial charge in [0.2, 0.25) is 5.91 Å². The van der Waals surface area contributed by atoms with Crippen molar-refractivity contribution in [1.29, 1.82) is 0 Å². The summed E-state index contributed by atoms with van der Waals surface area (Å²) in [5.74, 6) is 0.967. The highest BCUT2D eigenvalue weighted by molar-refractivity contribution is 5.78. The Labute approximate surface area is 115 Å². The van der Waals surface area contributed by atoms with Gasteiger partial charge in [0.1, 0.15) is 0 Å². The van der Waals surface area contributed by atoms with Crippen LogP contribution in [0.2, 0.25) is 0 Å². The van der Waals surface area contributed by atoms with Crippen LogP contribution in [0.4, 0.5) is 0 Å². The van der Waals surface area contributed by atoms with Gasteiger partial charge < -0.3 is 10.2 Å². The number of amides is 1. The van der Waals surface area contributed by atoms with E-state index in [0.717, 1.165) is 37.4 Å². The maximum atomic E-state index is 12.1. The molecule has 5 heteroatoms. The third-order valence-corrected chi connectivity index (χ3v) is 3.92. The minimum Gasteiger partial charge on any atom is -0.342 e. The molecular formula is C14H24N4O. The van der Waals surface area contributed by atoms with Crippen LogP contribution in [0.25, 0.3) is 0 Å². The van der Waals surface area contributed by atoms with Gasteiger partial charge in [-0.1, -0.05) is 6.92 Å². The monoisotopic (exact) mass is 264 g/mol. The first kappa shape index (κ1) is 14.1. The van der Waals surface area contributed by atoms with Gasteiger partial charge in [-0.15, -0.1) is 0 Å². The molecule has 2 rings (SSSR count). The van der Waals surface area contributed by atoms with Gasteiger partial charge in [-0.25, -0.2) is 0 Å². The van der Waals surface area contributed by atoms with Crippen LogP contribution in [0.1, 0.15) is 38.3 Å². The lowest BCUT2D eigenvalue weighted by Gasteiger charge is -2.30. The number of piperidine rings is 1. The van der Waals surface area contributed by atoms with E-state index >= 15 is 0 Å². The second-order valence-electron chi connectivity index (χ2n) is 5.61. The summed E-state index contributed by atoms with van der Waals surface area (Å²) in [6.45, 7) is 6.53. The van der Waals surface area contributed by atoms with Crippen LogP contribution in [0.5, 0.6) is 0 Å². The van der Waals surface area contributed by atoms with E-state index in [-0.39, 0.29) is 11.9 Å². The molecule has 0 bridgehead atoms. The molecule has 1 N–H and O–H groups in total. The molecular weight excluding hydrogens is 240 g/mol. The quantitative estimate of drug-likeness (QED) is 0.892. The van der Waals surface area contributed by atoms with Crippen LogP contribution in [-0.2, 0) is 11.8 Å². The summed E-state index contributed by atoms with van der Waals surface area (Å²) in [7, 11) is 1.90. The lowest BCUT2D eigenvalue weighted by atomic mass is 9.99. The van der Waals surface area contributed by atoms with Crippen molar-refractivity contribution in [3.05, 3.63) is 18.0 Å². The second-order valence-corrected chi connectivity index (χ2v) is 5.61. The highest BCUT2D eigenvalue weighted by atomic mass is 16.2. The number of aryl methyl sites for hydroxylation is 1. The second kappa shape index (κ2) is 6.19. The number of nitrogens with one attached hydrogen (secondary N) is 1. The minimum atomic E-state index is 0.154. The van der Waals surface area contributed by atoms with E-state index in [4.69, 9.17) is 0 Å². The Hall–Kier alpha value is -1.36. The predicted octanol–water partition coefficient (Wildman–Crippen LogP) is 1.33. The molecule has 0 radical (unpaired) electrons. The molecule has 0 aromatic carbocycles. The number of nitrogens with zero attached hydrogens (tertiary/aromatic N) is 3. The highest BCUT2D eigenvalue weighted by Gasteiger charge is 2.20. The van der Waals surface area contributed by atoms with E-state index in [1.807, 2.05) is 24.3 Å². The molecule has 2 heterocycles. The van der Waals surface area contributed by atoms with Gasteiger partial charge >= 0.3 is 0 Å².